The quantitative estimate of drug-likeness (QED) is 0.0222. The fourth-order valence-corrected chi connectivity index (χ4v) is 12.2. The molecule has 0 spiro atoms. The topological polar surface area (TPSA) is 237 Å². The van der Waals surface area contributed by atoms with Crippen LogP contribution < -0.4 is 0 Å². The summed E-state index contributed by atoms with van der Waals surface area (Å²) < 4.78 is 68.3. The van der Waals surface area contributed by atoms with Crippen LogP contribution in [0.2, 0.25) is 0 Å². The van der Waals surface area contributed by atoms with E-state index in [0.717, 1.165) is 120 Å². The minimum atomic E-state index is -4.95. The predicted molar refractivity (Wildman–Crippen MR) is 363 cm³/mol. The van der Waals surface area contributed by atoms with Crippen LogP contribution in [0.25, 0.3) is 0 Å². The number of aliphatic hydroxyl groups excluding tert-OH is 1. The van der Waals surface area contributed by atoms with Crippen LogP contribution in [0.3, 0.4) is 0 Å². The summed E-state index contributed by atoms with van der Waals surface area (Å²) in [6, 6.07) is 0. The van der Waals surface area contributed by atoms with E-state index < -0.39 is 97.5 Å². The molecule has 0 saturated heterocycles. The molecule has 0 fully saturated rings. The van der Waals surface area contributed by atoms with Gasteiger partial charge in [0, 0.05) is 25.7 Å². The second-order valence-corrected chi connectivity index (χ2v) is 30.2. The van der Waals surface area contributed by atoms with E-state index in [9.17, 15) is 43.2 Å². The molecule has 0 heterocycles. The Labute approximate surface area is 549 Å². The van der Waals surface area contributed by atoms with Crippen molar-refractivity contribution in [2.24, 2.45) is 23.7 Å². The fraction of sp³-hybridized carbons (Fsp3) is 0.944. The normalized spacial score (nSPS) is 14.6. The van der Waals surface area contributed by atoms with Gasteiger partial charge in [0.1, 0.15) is 19.3 Å². The maximum Gasteiger partial charge on any atom is 0.472 e. The number of phosphoric ester groups is 2. The summed E-state index contributed by atoms with van der Waals surface area (Å²) in [7, 11) is -9.90. The number of phosphoric acid groups is 2. The summed E-state index contributed by atoms with van der Waals surface area (Å²) in [5, 5.41) is 10.6. The van der Waals surface area contributed by atoms with Crippen LogP contribution in [0.15, 0.2) is 0 Å². The number of rotatable bonds is 68. The Bertz CT molecular complexity index is 1780. The standard InChI is InChI=1S/C71H138O17P2/c1-9-64(8)50-42-34-28-30-36-44-52-69(74)82-58-67(88-71(76)54-46-38-26-22-18-14-13-16-20-24-32-40-48-62(4)5)60-86-90(79,80)84-56-65(72)55-83-89(77,78)85-59-66(57-81-68(73)51-43-35-29-27-33-41-49-63(6)7)87-70(75)53-45-37-25-21-17-12-10-11-15-19-23-31-39-47-61(2)3/h61-67,72H,9-60H2,1-8H3,(H,77,78)(H,79,80)/t64?,65-,66-,67-/m1/s1. The number of ether oxygens (including phenoxy) is 4. The Morgan fingerprint density at radius 1 is 0.311 bits per heavy atom. The van der Waals surface area contributed by atoms with Crippen LogP contribution in [-0.2, 0) is 65.4 Å². The highest BCUT2D eigenvalue weighted by Crippen LogP contribution is 2.45. The van der Waals surface area contributed by atoms with Gasteiger partial charge in [-0.3, -0.25) is 37.3 Å². The Kier molecular flexibility index (Phi) is 59.4. The SMILES string of the molecule is CCC(C)CCCCCCCCC(=O)OC[C@H](COP(=O)(O)OC[C@H](O)COP(=O)(O)OC[C@@H](COC(=O)CCCCCCCCC(C)C)OC(=O)CCCCCCCCCCCCCCCC(C)C)OC(=O)CCCCCCCCCCCCCCC(C)C. The van der Waals surface area contributed by atoms with Gasteiger partial charge >= 0.3 is 39.5 Å². The highest BCUT2D eigenvalue weighted by atomic mass is 31.2. The highest BCUT2D eigenvalue weighted by molar-refractivity contribution is 7.47. The minimum absolute atomic E-state index is 0.105. The third kappa shape index (κ3) is 63.5. The molecule has 0 rings (SSSR count). The zero-order valence-electron chi connectivity index (χ0n) is 58.8. The molecule has 6 atom stereocenters. The van der Waals surface area contributed by atoms with Gasteiger partial charge in [-0.05, 0) is 49.4 Å². The lowest BCUT2D eigenvalue weighted by molar-refractivity contribution is -0.161. The molecule has 0 aromatic heterocycles. The van der Waals surface area contributed by atoms with Crippen LogP contribution in [0.1, 0.15) is 351 Å². The van der Waals surface area contributed by atoms with E-state index >= 15 is 0 Å². The van der Waals surface area contributed by atoms with Crippen molar-refractivity contribution < 1.29 is 80.2 Å². The smallest absolute Gasteiger partial charge is 0.462 e. The maximum absolute atomic E-state index is 13.0. The van der Waals surface area contributed by atoms with Gasteiger partial charge in [0.05, 0.1) is 26.4 Å². The molecule has 3 unspecified atom stereocenters. The van der Waals surface area contributed by atoms with Gasteiger partial charge in [-0.1, -0.05) is 299 Å². The lowest BCUT2D eigenvalue weighted by Gasteiger charge is -2.21. The average Bonchev–Trinajstić information content (AvgIpc) is 2.99. The molecule has 0 aromatic carbocycles. The van der Waals surface area contributed by atoms with E-state index in [1.165, 1.54) is 141 Å². The molecule has 0 aliphatic heterocycles. The number of esters is 4. The van der Waals surface area contributed by atoms with Crippen molar-refractivity contribution in [2.45, 2.75) is 369 Å². The largest absolute Gasteiger partial charge is 0.472 e. The van der Waals surface area contributed by atoms with Crippen molar-refractivity contribution in [1.29, 1.82) is 0 Å². The third-order valence-corrected chi connectivity index (χ3v) is 18.6. The van der Waals surface area contributed by atoms with Crippen molar-refractivity contribution in [1.82, 2.24) is 0 Å². The number of carbonyl (C=O) groups excluding carboxylic acids is 4. The van der Waals surface area contributed by atoms with Crippen LogP contribution >= 0.6 is 15.6 Å². The zero-order chi connectivity index (χ0) is 66.8. The number of carbonyl (C=O) groups is 4. The maximum atomic E-state index is 13.0. The summed E-state index contributed by atoms with van der Waals surface area (Å²) in [5.41, 5.74) is 0. The number of hydrogen-bond donors (Lipinski definition) is 3. The summed E-state index contributed by atoms with van der Waals surface area (Å²) in [6.07, 6.45) is 43.2. The number of unbranched alkanes of at least 4 members (excludes halogenated alkanes) is 33. The lowest BCUT2D eigenvalue weighted by atomic mass is 10.00. The average molecular weight is 1330 g/mol. The van der Waals surface area contributed by atoms with Crippen LogP contribution in [0.4, 0.5) is 0 Å². The molecule has 90 heavy (non-hydrogen) atoms. The van der Waals surface area contributed by atoms with E-state index in [1.54, 1.807) is 0 Å². The Morgan fingerprint density at radius 3 is 0.789 bits per heavy atom. The lowest BCUT2D eigenvalue weighted by Crippen LogP contribution is -2.30. The second-order valence-electron chi connectivity index (χ2n) is 27.3. The molecule has 0 aliphatic carbocycles. The van der Waals surface area contributed by atoms with Gasteiger partial charge in [-0.2, -0.15) is 0 Å². The van der Waals surface area contributed by atoms with Crippen LogP contribution in [-0.4, -0.2) is 96.7 Å². The third-order valence-electron chi connectivity index (χ3n) is 16.7. The molecule has 3 N–H and O–H groups in total. The van der Waals surface area contributed by atoms with Gasteiger partial charge in [0.25, 0.3) is 0 Å². The monoisotopic (exact) mass is 1320 g/mol. The van der Waals surface area contributed by atoms with Crippen molar-refractivity contribution in [2.75, 3.05) is 39.6 Å². The van der Waals surface area contributed by atoms with Gasteiger partial charge in [-0.25, -0.2) is 9.13 Å². The first kappa shape index (κ1) is 88.1. The van der Waals surface area contributed by atoms with Crippen LogP contribution in [0.5, 0.6) is 0 Å². The molecule has 0 aromatic rings. The molecule has 0 radical (unpaired) electrons. The first-order valence-electron chi connectivity index (χ1n) is 36.7. The van der Waals surface area contributed by atoms with E-state index in [2.05, 4.69) is 55.4 Å². The molecular formula is C71H138O17P2. The number of hydrogen-bond acceptors (Lipinski definition) is 15. The highest BCUT2D eigenvalue weighted by Gasteiger charge is 2.30. The van der Waals surface area contributed by atoms with Crippen molar-refractivity contribution in [3.63, 3.8) is 0 Å². The molecule has 17 nitrogen and oxygen atoms in total. The second kappa shape index (κ2) is 60.7. The molecule has 0 saturated carbocycles. The van der Waals surface area contributed by atoms with E-state index in [0.29, 0.717) is 31.6 Å². The summed E-state index contributed by atoms with van der Waals surface area (Å²) in [5.74, 6) is 0.843. The Balaban J connectivity index is 5.23. The summed E-state index contributed by atoms with van der Waals surface area (Å²) in [6.45, 7) is 14.1. The Hall–Kier alpha value is -1.94. The summed E-state index contributed by atoms with van der Waals surface area (Å²) in [4.78, 5) is 72.5. The van der Waals surface area contributed by atoms with Crippen molar-refractivity contribution >= 4 is 39.5 Å². The van der Waals surface area contributed by atoms with Crippen molar-refractivity contribution in [3.05, 3.63) is 0 Å². The molecule has 0 bridgehead atoms. The van der Waals surface area contributed by atoms with E-state index in [-0.39, 0.29) is 25.7 Å². The molecular weight excluding hydrogens is 1190 g/mol. The first-order chi connectivity index (χ1) is 43.1. The molecule has 0 amide bonds. The van der Waals surface area contributed by atoms with Crippen molar-refractivity contribution in [3.8, 4) is 0 Å². The predicted octanol–water partition coefficient (Wildman–Crippen LogP) is 20.1. The van der Waals surface area contributed by atoms with Gasteiger partial charge in [0.2, 0.25) is 0 Å². The van der Waals surface area contributed by atoms with E-state index in [1.807, 2.05) is 0 Å². The van der Waals surface area contributed by atoms with Crippen LogP contribution in [0, 0.1) is 23.7 Å². The summed E-state index contributed by atoms with van der Waals surface area (Å²) >= 11 is 0. The molecule has 19 heteroatoms. The van der Waals surface area contributed by atoms with Gasteiger partial charge < -0.3 is 33.8 Å². The molecule has 0 aliphatic rings. The van der Waals surface area contributed by atoms with Gasteiger partial charge in [0.15, 0.2) is 12.2 Å². The van der Waals surface area contributed by atoms with E-state index in [4.69, 9.17) is 37.0 Å². The van der Waals surface area contributed by atoms with Gasteiger partial charge in [-0.15, -0.1) is 0 Å². The first-order valence-corrected chi connectivity index (χ1v) is 39.7. The minimum Gasteiger partial charge on any atom is -0.462 e. The zero-order valence-corrected chi connectivity index (χ0v) is 60.6. The Morgan fingerprint density at radius 2 is 0.533 bits per heavy atom. The molecule has 534 valence electrons. The fourth-order valence-electron chi connectivity index (χ4n) is 10.6. The number of aliphatic hydroxyl groups is 1.